The van der Waals surface area contributed by atoms with Gasteiger partial charge in [0.05, 0.1) is 18.8 Å². The van der Waals surface area contributed by atoms with Crippen LogP contribution in [0.1, 0.15) is 24.6 Å². The highest BCUT2D eigenvalue weighted by Gasteiger charge is 2.40. The first-order chi connectivity index (χ1) is 8.31. The van der Waals surface area contributed by atoms with Gasteiger partial charge in [-0.25, -0.2) is 0 Å². The van der Waals surface area contributed by atoms with E-state index in [4.69, 9.17) is 15.2 Å². The second-order valence-electron chi connectivity index (χ2n) is 4.47. The molecule has 0 amide bonds. The SMILES string of the molecule is CCCOC1C(N)CC1OCCc1cccs1. The predicted molar refractivity (Wildman–Crippen MR) is 70.4 cm³/mol. The third kappa shape index (κ3) is 3.52. The second kappa shape index (κ2) is 6.50. The van der Waals surface area contributed by atoms with Crippen LogP contribution >= 0.6 is 11.3 Å². The summed E-state index contributed by atoms with van der Waals surface area (Å²) in [4.78, 5) is 1.37. The van der Waals surface area contributed by atoms with Crippen molar-refractivity contribution in [1.82, 2.24) is 0 Å². The topological polar surface area (TPSA) is 44.5 Å². The molecule has 1 aromatic heterocycles. The molecule has 3 nitrogen and oxygen atoms in total. The molecule has 0 bridgehead atoms. The summed E-state index contributed by atoms with van der Waals surface area (Å²) in [6, 6.07) is 4.38. The van der Waals surface area contributed by atoms with Gasteiger partial charge in [0.15, 0.2) is 0 Å². The molecule has 1 heterocycles. The molecule has 1 aliphatic carbocycles. The Kier molecular flexibility index (Phi) is 4.98. The van der Waals surface area contributed by atoms with Crippen molar-refractivity contribution in [2.24, 2.45) is 5.73 Å². The van der Waals surface area contributed by atoms with Crippen molar-refractivity contribution in [3.63, 3.8) is 0 Å². The van der Waals surface area contributed by atoms with Crippen LogP contribution in [0, 0.1) is 0 Å². The van der Waals surface area contributed by atoms with Crippen LogP contribution in [0.15, 0.2) is 17.5 Å². The molecule has 3 atom stereocenters. The summed E-state index contributed by atoms with van der Waals surface area (Å²) >= 11 is 1.78. The van der Waals surface area contributed by atoms with Gasteiger partial charge in [0.2, 0.25) is 0 Å². The van der Waals surface area contributed by atoms with Crippen LogP contribution in [0.2, 0.25) is 0 Å². The number of hydrogen-bond acceptors (Lipinski definition) is 4. The monoisotopic (exact) mass is 255 g/mol. The first-order valence-electron chi connectivity index (χ1n) is 6.32. The third-order valence-electron chi connectivity index (χ3n) is 3.07. The van der Waals surface area contributed by atoms with Gasteiger partial charge < -0.3 is 15.2 Å². The van der Waals surface area contributed by atoms with E-state index in [9.17, 15) is 0 Å². The van der Waals surface area contributed by atoms with Gasteiger partial charge in [-0.3, -0.25) is 0 Å². The Labute approximate surface area is 107 Å². The van der Waals surface area contributed by atoms with E-state index < -0.39 is 0 Å². The maximum atomic E-state index is 5.92. The number of ether oxygens (including phenoxy) is 2. The van der Waals surface area contributed by atoms with Crippen molar-refractivity contribution >= 4 is 11.3 Å². The number of thiophene rings is 1. The van der Waals surface area contributed by atoms with Crippen LogP contribution in [-0.4, -0.2) is 31.5 Å². The lowest BCUT2D eigenvalue weighted by Gasteiger charge is -2.41. The molecule has 1 saturated carbocycles. The smallest absolute Gasteiger partial charge is 0.0988 e. The van der Waals surface area contributed by atoms with Gasteiger partial charge in [-0.1, -0.05) is 13.0 Å². The van der Waals surface area contributed by atoms with E-state index in [1.165, 1.54) is 4.88 Å². The maximum absolute atomic E-state index is 5.92. The first kappa shape index (κ1) is 13.0. The maximum Gasteiger partial charge on any atom is 0.0988 e. The zero-order valence-electron chi connectivity index (χ0n) is 10.3. The lowest BCUT2D eigenvalue weighted by atomic mass is 9.86. The Morgan fingerprint density at radius 1 is 1.41 bits per heavy atom. The third-order valence-corrected chi connectivity index (χ3v) is 4.00. The summed E-state index contributed by atoms with van der Waals surface area (Å²) in [5, 5.41) is 2.10. The zero-order valence-corrected chi connectivity index (χ0v) is 11.1. The van der Waals surface area contributed by atoms with Gasteiger partial charge in [0, 0.05) is 23.9 Å². The highest BCUT2D eigenvalue weighted by molar-refractivity contribution is 7.09. The second-order valence-corrected chi connectivity index (χ2v) is 5.51. The van der Waals surface area contributed by atoms with Crippen LogP contribution in [0.3, 0.4) is 0 Å². The molecular formula is C13H21NO2S. The normalized spacial score (nSPS) is 28.0. The molecule has 0 aromatic carbocycles. The Morgan fingerprint density at radius 3 is 2.94 bits per heavy atom. The Bertz CT molecular complexity index is 315. The Hall–Kier alpha value is -0.420. The molecule has 2 N–H and O–H groups in total. The van der Waals surface area contributed by atoms with Crippen molar-refractivity contribution in [3.05, 3.63) is 22.4 Å². The van der Waals surface area contributed by atoms with Crippen LogP contribution < -0.4 is 5.73 Å². The van der Waals surface area contributed by atoms with Gasteiger partial charge in [-0.2, -0.15) is 0 Å². The van der Waals surface area contributed by atoms with E-state index in [2.05, 4.69) is 24.4 Å². The highest BCUT2D eigenvalue weighted by Crippen LogP contribution is 2.26. The molecule has 4 heteroatoms. The van der Waals surface area contributed by atoms with Crippen LogP contribution in [0.5, 0.6) is 0 Å². The number of hydrogen-bond donors (Lipinski definition) is 1. The molecule has 3 unspecified atom stereocenters. The van der Waals surface area contributed by atoms with Crippen LogP contribution in [0.25, 0.3) is 0 Å². The van der Waals surface area contributed by atoms with Crippen molar-refractivity contribution in [1.29, 1.82) is 0 Å². The van der Waals surface area contributed by atoms with E-state index in [-0.39, 0.29) is 18.2 Å². The first-order valence-corrected chi connectivity index (χ1v) is 7.20. The van der Waals surface area contributed by atoms with Gasteiger partial charge in [0.25, 0.3) is 0 Å². The van der Waals surface area contributed by atoms with Crippen LogP contribution in [-0.2, 0) is 15.9 Å². The lowest BCUT2D eigenvalue weighted by Crippen LogP contribution is -2.58. The minimum Gasteiger partial charge on any atom is -0.375 e. The molecule has 0 saturated heterocycles. The summed E-state index contributed by atoms with van der Waals surface area (Å²) in [6.07, 6.45) is 3.27. The van der Waals surface area contributed by atoms with Gasteiger partial charge in [0.1, 0.15) is 0 Å². The molecule has 96 valence electrons. The molecule has 17 heavy (non-hydrogen) atoms. The Balaban J connectivity index is 1.65. The van der Waals surface area contributed by atoms with E-state index in [1.807, 2.05) is 0 Å². The highest BCUT2D eigenvalue weighted by atomic mass is 32.1. The lowest BCUT2D eigenvalue weighted by molar-refractivity contribution is -0.138. The largest absolute Gasteiger partial charge is 0.375 e. The van der Waals surface area contributed by atoms with Crippen molar-refractivity contribution < 1.29 is 9.47 Å². The van der Waals surface area contributed by atoms with Crippen molar-refractivity contribution in [3.8, 4) is 0 Å². The summed E-state index contributed by atoms with van der Waals surface area (Å²) in [6.45, 7) is 3.66. The van der Waals surface area contributed by atoms with E-state index >= 15 is 0 Å². The minimum atomic E-state index is 0.110. The van der Waals surface area contributed by atoms with E-state index in [0.717, 1.165) is 32.5 Å². The summed E-state index contributed by atoms with van der Waals surface area (Å²) in [5.74, 6) is 0. The fourth-order valence-corrected chi connectivity index (χ4v) is 2.72. The summed E-state index contributed by atoms with van der Waals surface area (Å²) in [7, 11) is 0. The van der Waals surface area contributed by atoms with E-state index in [1.54, 1.807) is 11.3 Å². The molecule has 1 aromatic rings. The van der Waals surface area contributed by atoms with Gasteiger partial charge >= 0.3 is 0 Å². The van der Waals surface area contributed by atoms with E-state index in [0.29, 0.717) is 0 Å². The van der Waals surface area contributed by atoms with Gasteiger partial charge in [-0.05, 0) is 24.3 Å². The average Bonchev–Trinajstić information content (AvgIpc) is 2.81. The Morgan fingerprint density at radius 2 is 2.29 bits per heavy atom. The molecule has 2 rings (SSSR count). The minimum absolute atomic E-state index is 0.110. The molecule has 1 aliphatic rings. The standard InChI is InChI=1S/C13H21NO2S/c1-2-6-16-13-11(14)9-12(13)15-7-5-10-4-3-8-17-10/h3-4,8,11-13H,2,5-7,9,14H2,1H3. The fourth-order valence-electron chi connectivity index (χ4n) is 2.03. The molecule has 0 aliphatic heterocycles. The number of nitrogens with two attached hydrogens (primary N) is 1. The fraction of sp³-hybridized carbons (Fsp3) is 0.692. The quantitative estimate of drug-likeness (QED) is 0.812. The average molecular weight is 255 g/mol. The van der Waals surface area contributed by atoms with Crippen molar-refractivity contribution in [2.45, 2.75) is 44.4 Å². The zero-order chi connectivity index (χ0) is 12.1. The molecule has 1 fully saturated rings. The number of rotatable bonds is 7. The van der Waals surface area contributed by atoms with Crippen LogP contribution in [0.4, 0.5) is 0 Å². The summed E-state index contributed by atoms with van der Waals surface area (Å²) < 4.78 is 11.5. The predicted octanol–water partition coefficient (Wildman–Crippen LogP) is 2.20. The summed E-state index contributed by atoms with van der Waals surface area (Å²) in [5.41, 5.74) is 5.92. The molecule has 0 spiro atoms. The molecule has 0 radical (unpaired) electrons. The molecular weight excluding hydrogens is 234 g/mol. The van der Waals surface area contributed by atoms with Gasteiger partial charge in [-0.15, -0.1) is 11.3 Å². The van der Waals surface area contributed by atoms with Crippen molar-refractivity contribution in [2.75, 3.05) is 13.2 Å².